The summed E-state index contributed by atoms with van der Waals surface area (Å²) >= 11 is 0. The SMILES string of the molecule is c1cc(-c2c(N(c3ccccc3-c3cccc4c3oc3ccccc34)c3cc4ccccc4c4ccccc34)ccc3c2oc2ccccc23)cc(-n2c3ccccc3c3ccccc32)c1. The van der Waals surface area contributed by atoms with Gasteiger partial charge >= 0.3 is 0 Å². The van der Waals surface area contributed by atoms with Crippen molar-refractivity contribution in [2.75, 3.05) is 4.90 Å². The molecule has 3 aromatic heterocycles. The zero-order valence-corrected chi connectivity index (χ0v) is 35.7. The number of para-hydroxylation sites is 6. The second-order valence-corrected chi connectivity index (χ2v) is 17.2. The molecule has 11 aromatic carbocycles. The lowest BCUT2D eigenvalue weighted by molar-refractivity contribution is 0.669. The van der Waals surface area contributed by atoms with Gasteiger partial charge in [-0.2, -0.15) is 0 Å². The predicted molar refractivity (Wildman–Crippen MR) is 276 cm³/mol. The minimum absolute atomic E-state index is 0.833. The molecule has 0 fully saturated rings. The van der Waals surface area contributed by atoms with Crippen LogP contribution in [0.5, 0.6) is 0 Å². The highest BCUT2D eigenvalue weighted by molar-refractivity contribution is 6.19. The Morgan fingerprint density at radius 1 is 0.318 bits per heavy atom. The monoisotopic (exact) mass is 842 g/mol. The number of hydrogen-bond acceptors (Lipinski definition) is 3. The van der Waals surface area contributed by atoms with Crippen LogP contribution in [-0.4, -0.2) is 4.57 Å². The molecule has 14 rings (SSSR count). The number of rotatable bonds is 6. The van der Waals surface area contributed by atoms with Crippen molar-refractivity contribution in [2.45, 2.75) is 0 Å². The molecule has 4 heteroatoms. The molecule has 4 nitrogen and oxygen atoms in total. The number of benzene rings is 11. The van der Waals surface area contributed by atoms with Crippen molar-refractivity contribution >= 4 is 104 Å². The van der Waals surface area contributed by atoms with Gasteiger partial charge in [0.2, 0.25) is 0 Å². The van der Waals surface area contributed by atoms with Gasteiger partial charge in [0.05, 0.1) is 28.1 Å². The van der Waals surface area contributed by atoms with Crippen LogP contribution in [0.1, 0.15) is 0 Å². The van der Waals surface area contributed by atoms with E-state index in [1.807, 2.05) is 6.07 Å². The normalized spacial score (nSPS) is 11.9. The zero-order valence-electron chi connectivity index (χ0n) is 35.7. The maximum atomic E-state index is 7.09. The van der Waals surface area contributed by atoms with Crippen LogP contribution in [-0.2, 0) is 0 Å². The van der Waals surface area contributed by atoms with Crippen LogP contribution < -0.4 is 4.90 Å². The van der Waals surface area contributed by atoms with E-state index in [0.29, 0.717) is 0 Å². The molecule has 0 atom stereocenters. The maximum absolute atomic E-state index is 7.09. The molecule has 14 aromatic rings. The molecule has 0 N–H and O–H groups in total. The fourth-order valence-corrected chi connectivity index (χ4v) is 10.7. The van der Waals surface area contributed by atoms with Crippen LogP contribution in [0, 0.1) is 0 Å². The fourth-order valence-electron chi connectivity index (χ4n) is 10.7. The molecule has 308 valence electrons. The van der Waals surface area contributed by atoms with E-state index in [0.717, 1.165) is 111 Å². The Kier molecular flexibility index (Phi) is 7.95. The Bertz CT molecular complexity index is 4210. The van der Waals surface area contributed by atoms with Gasteiger partial charge in [-0.1, -0.05) is 170 Å². The molecule has 0 spiro atoms. The van der Waals surface area contributed by atoms with Crippen molar-refractivity contribution < 1.29 is 8.83 Å². The number of nitrogens with zero attached hydrogens (tertiary/aromatic N) is 2. The number of fused-ring (bicyclic) bond motifs is 12. The summed E-state index contributed by atoms with van der Waals surface area (Å²) in [4.78, 5) is 2.47. The lowest BCUT2D eigenvalue weighted by atomic mass is 9.94. The van der Waals surface area contributed by atoms with Gasteiger partial charge in [-0.05, 0) is 82.4 Å². The summed E-state index contributed by atoms with van der Waals surface area (Å²) in [6.45, 7) is 0. The highest BCUT2D eigenvalue weighted by Gasteiger charge is 2.27. The van der Waals surface area contributed by atoms with Crippen LogP contribution in [0.3, 0.4) is 0 Å². The fraction of sp³-hybridized carbons (Fsp3) is 0. The third-order valence-electron chi connectivity index (χ3n) is 13.6. The number of hydrogen-bond donors (Lipinski definition) is 0. The van der Waals surface area contributed by atoms with Crippen molar-refractivity contribution in [3.8, 4) is 27.9 Å². The highest BCUT2D eigenvalue weighted by Crippen LogP contribution is 2.52. The Morgan fingerprint density at radius 2 is 0.864 bits per heavy atom. The molecule has 0 amide bonds. The van der Waals surface area contributed by atoms with Gasteiger partial charge in [-0.15, -0.1) is 0 Å². The summed E-state index contributed by atoms with van der Waals surface area (Å²) in [5.41, 5.74) is 14.0. The van der Waals surface area contributed by atoms with E-state index in [4.69, 9.17) is 8.83 Å². The van der Waals surface area contributed by atoms with E-state index < -0.39 is 0 Å². The number of aromatic nitrogens is 1. The molecule has 0 aliphatic carbocycles. The summed E-state index contributed by atoms with van der Waals surface area (Å²) in [6, 6.07) is 82.8. The summed E-state index contributed by atoms with van der Waals surface area (Å²) in [5, 5.41) is 11.5. The molecule has 3 heterocycles. The first-order chi connectivity index (χ1) is 32.8. The van der Waals surface area contributed by atoms with Crippen molar-refractivity contribution in [3.63, 3.8) is 0 Å². The molecule has 0 unspecified atom stereocenters. The standard InChI is InChI=1S/C62H38N2O2/c1-2-20-42-39(17-1)38-57(44-22-4-3-21-43(42)44)64(55-32-12-7-25-47(55)50-28-16-29-51-48-26-8-13-33-58(48)65-61(50)51)56-36-35-52-49-27-9-14-34-59(49)66-62(52)60(56)40-18-15-19-41(37-40)63-53-30-10-5-23-45(53)46-24-6-11-31-54(46)63/h1-38H. The summed E-state index contributed by atoms with van der Waals surface area (Å²) < 4.78 is 16.3. The van der Waals surface area contributed by atoms with Crippen molar-refractivity contribution in [3.05, 3.63) is 231 Å². The first kappa shape index (κ1) is 36.6. The first-order valence-corrected chi connectivity index (χ1v) is 22.5. The lowest BCUT2D eigenvalue weighted by Crippen LogP contribution is -2.13. The second kappa shape index (κ2) is 14.3. The minimum atomic E-state index is 0.833. The summed E-state index contributed by atoms with van der Waals surface area (Å²) in [7, 11) is 0. The molecule has 0 radical (unpaired) electrons. The van der Waals surface area contributed by atoms with Gasteiger partial charge in [0.1, 0.15) is 22.3 Å². The van der Waals surface area contributed by atoms with E-state index in [1.54, 1.807) is 0 Å². The van der Waals surface area contributed by atoms with Crippen LogP contribution in [0.15, 0.2) is 239 Å². The summed E-state index contributed by atoms with van der Waals surface area (Å²) in [6.07, 6.45) is 0. The Labute approximate surface area is 379 Å². The third-order valence-corrected chi connectivity index (χ3v) is 13.6. The van der Waals surface area contributed by atoms with Crippen molar-refractivity contribution in [1.29, 1.82) is 0 Å². The van der Waals surface area contributed by atoms with E-state index in [-0.39, 0.29) is 0 Å². The van der Waals surface area contributed by atoms with E-state index >= 15 is 0 Å². The molecule has 0 aliphatic heterocycles. The van der Waals surface area contributed by atoms with Gasteiger partial charge in [-0.25, -0.2) is 0 Å². The van der Waals surface area contributed by atoms with Gasteiger partial charge in [0.25, 0.3) is 0 Å². The van der Waals surface area contributed by atoms with Crippen LogP contribution in [0.2, 0.25) is 0 Å². The predicted octanol–water partition coefficient (Wildman–Crippen LogP) is 17.7. The number of furan rings is 2. The van der Waals surface area contributed by atoms with E-state index in [9.17, 15) is 0 Å². The summed E-state index contributed by atoms with van der Waals surface area (Å²) in [5.74, 6) is 0. The van der Waals surface area contributed by atoms with Gasteiger partial charge in [0.15, 0.2) is 0 Å². The van der Waals surface area contributed by atoms with Gasteiger partial charge in [-0.3, -0.25) is 0 Å². The average molecular weight is 843 g/mol. The Balaban J connectivity index is 1.11. The van der Waals surface area contributed by atoms with E-state index in [1.165, 1.54) is 21.5 Å². The quantitative estimate of drug-likeness (QED) is 0.156. The second-order valence-electron chi connectivity index (χ2n) is 17.2. The Hall–Kier alpha value is -8.86. The average Bonchev–Trinajstić information content (AvgIpc) is 4.06. The zero-order chi connectivity index (χ0) is 43.3. The first-order valence-electron chi connectivity index (χ1n) is 22.5. The molecule has 66 heavy (non-hydrogen) atoms. The van der Waals surface area contributed by atoms with Gasteiger partial charge in [0, 0.05) is 60.1 Å². The third kappa shape index (κ3) is 5.39. The van der Waals surface area contributed by atoms with E-state index in [2.05, 4.69) is 234 Å². The highest BCUT2D eigenvalue weighted by atomic mass is 16.3. The smallest absolute Gasteiger partial charge is 0.145 e. The molecule has 0 aliphatic rings. The molecular weight excluding hydrogens is 805 g/mol. The van der Waals surface area contributed by atoms with Crippen LogP contribution in [0.4, 0.5) is 17.1 Å². The molecule has 0 saturated heterocycles. The lowest BCUT2D eigenvalue weighted by Gasteiger charge is -2.31. The maximum Gasteiger partial charge on any atom is 0.145 e. The molecule has 0 bridgehead atoms. The Morgan fingerprint density at radius 3 is 1.62 bits per heavy atom. The van der Waals surface area contributed by atoms with Crippen molar-refractivity contribution in [2.24, 2.45) is 0 Å². The topological polar surface area (TPSA) is 34.5 Å². The number of anilines is 3. The van der Waals surface area contributed by atoms with Gasteiger partial charge < -0.3 is 18.3 Å². The van der Waals surface area contributed by atoms with Crippen LogP contribution in [0.25, 0.3) is 115 Å². The van der Waals surface area contributed by atoms with Crippen molar-refractivity contribution in [1.82, 2.24) is 4.57 Å². The largest absolute Gasteiger partial charge is 0.455 e. The minimum Gasteiger partial charge on any atom is -0.455 e. The molecule has 0 saturated carbocycles. The van der Waals surface area contributed by atoms with Crippen LogP contribution >= 0.6 is 0 Å². The molecular formula is C62H38N2O2.